The van der Waals surface area contributed by atoms with Crippen LogP contribution < -0.4 is 9.47 Å². The van der Waals surface area contributed by atoms with Crippen LogP contribution in [0.4, 0.5) is 9.18 Å². The Bertz CT molecular complexity index is 1580. The fraction of sp³-hybridized carbons (Fsp3) is 0.314. The van der Waals surface area contributed by atoms with E-state index < -0.39 is 6.09 Å². The molecule has 0 saturated heterocycles. The van der Waals surface area contributed by atoms with Crippen LogP contribution >= 0.6 is 34.2 Å². The van der Waals surface area contributed by atoms with Crippen molar-refractivity contribution in [1.29, 1.82) is 0 Å². The zero-order valence-corrected chi connectivity index (χ0v) is 27.8. The largest absolute Gasteiger partial charge is 0.492 e. The number of benzene rings is 3. The molecule has 0 spiro atoms. The van der Waals surface area contributed by atoms with E-state index in [0.717, 1.165) is 48.2 Å². The first-order valence-electron chi connectivity index (χ1n) is 14.9. The second-order valence-corrected chi connectivity index (χ2v) is 13.2. The number of carbonyl (C=O) groups excluding carboxylic acids is 1. The van der Waals surface area contributed by atoms with Crippen LogP contribution in [0.3, 0.4) is 0 Å². The van der Waals surface area contributed by atoms with Gasteiger partial charge in [0.25, 0.3) is 0 Å². The van der Waals surface area contributed by atoms with E-state index in [0.29, 0.717) is 30.3 Å². The van der Waals surface area contributed by atoms with Gasteiger partial charge in [-0.2, -0.15) is 0 Å². The zero-order valence-electron chi connectivity index (χ0n) is 24.9. The van der Waals surface area contributed by atoms with Crippen molar-refractivity contribution < 1.29 is 18.7 Å². The standard InChI is InChI=1S/C35H36ClFIN3O3/c1-3-4-5-32-31(33-20-26(36)9-6-24(33)2)16-18-41(35(42)44-30-14-10-27(37)11-15-30)34(32)25-7-12-29(13-8-25)43-22-28(38)21-40-19-17-39-23-40/h6-15,17,19-20,23,28,34H,3-5,16,18,21-22H2,1-2H3. The Morgan fingerprint density at radius 3 is 2.57 bits per heavy atom. The van der Waals surface area contributed by atoms with E-state index in [1.54, 1.807) is 17.4 Å². The van der Waals surface area contributed by atoms with E-state index in [9.17, 15) is 9.18 Å². The number of imidazole rings is 1. The number of rotatable bonds is 11. The van der Waals surface area contributed by atoms with Gasteiger partial charge in [0.1, 0.15) is 23.9 Å². The summed E-state index contributed by atoms with van der Waals surface area (Å²) in [5.41, 5.74) is 5.64. The molecule has 5 rings (SSSR count). The highest BCUT2D eigenvalue weighted by molar-refractivity contribution is 14.1. The number of aryl methyl sites for hydroxylation is 1. The summed E-state index contributed by atoms with van der Waals surface area (Å²) in [6.07, 6.45) is 8.54. The lowest BCUT2D eigenvalue weighted by atomic mass is 9.81. The minimum Gasteiger partial charge on any atom is -0.492 e. The molecule has 6 nitrogen and oxygen atoms in total. The van der Waals surface area contributed by atoms with Crippen LogP contribution in [-0.4, -0.2) is 37.6 Å². The first-order chi connectivity index (χ1) is 21.3. The van der Waals surface area contributed by atoms with Crippen LogP contribution in [0.25, 0.3) is 5.57 Å². The lowest BCUT2D eigenvalue weighted by molar-refractivity contribution is 0.136. The second kappa shape index (κ2) is 15.1. The van der Waals surface area contributed by atoms with Crippen LogP contribution in [-0.2, 0) is 6.54 Å². The number of carbonyl (C=O) groups is 1. The van der Waals surface area contributed by atoms with Crippen molar-refractivity contribution in [3.8, 4) is 11.5 Å². The first kappa shape index (κ1) is 32.0. The molecule has 0 aliphatic carbocycles. The third-order valence-corrected chi connectivity index (χ3v) is 8.79. The smallest absolute Gasteiger partial charge is 0.416 e. The van der Waals surface area contributed by atoms with Crippen molar-refractivity contribution in [3.05, 3.63) is 119 Å². The van der Waals surface area contributed by atoms with Crippen LogP contribution in [0.2, 0.25) is 5.02 Å². The normalized spacial score (nSPS) is 15.8. The fourth-order valence-corrected chi connectivity index (χ4v) is 6.41. The van der Waals surface area contributed by atoms with Crippen LogP contribution in [0, 0.1) is 12.7 Å². The monoisotopic (exact) mass is 727 g/mol. The lowest BCUT2D eigenvalue weighted by Gasteiger charge is -2.39. The Labute approximate surface area is 277 Å². The summed E-state index contributed by atoms with van der Waals surface area (Å²) in [4.78, 5) is 19.6. The van der Waals surface area contributed by atoms with Crippen LogP contribution in [0.15, 0.2) is 91.0 Å². The van der Waals surface area contributed by atoms with Gasteiger partial charge < -0.3 is 14.0 Å². The molecule has 1 amide bonds. The third kappa shape index (κ3) is 8.01. The van der Waals surface area contributed by atoms with Crippen molar-refractivity contribution in [2.24, 2.45) is 0 Å². The van der Waals surface area contributed by atoms with Crippen molar-refractivity contribution in [3.63, 3.8) is 0 Å². The van der Waals surface area contributed by atoms with E-state index in [-0.39, 0.29) is 15.8 Å². The maximum atomic E-state index is 13.7. The van der Waals surface area contributed by atoms with E-state index >= 15 is 0 Å². The molecule has 0 saturated carbocycles. The molecule has 2 unspecified atom stereocenters. The molecule has 9 heteroatoms. The van der Waals surface area contributed by atoms with Gasteiger partial charge in [0, 0.05) is 30.5 Å². The molecule has 1 aliphatic rings. The highest BCUT2D eigenvalue weighted by atomic mass is 127. The molecule has 1 aromatic heterocycles. The number of halogens is 3. The SMILES string of the molecule is CCCCC1=C(c2cc(Cl)ccc2C)CCN(C(=O)Oc2ccc(F)cc2)C1c1ccc(OCC(I)Cn2ccnc2)cc1. The highest BCUT2D eigenvalue weighted by Crippen LogP contribution is 2.44. The number of unbranched alkanes of at least 4 members (excludes halogenated alkanes) is 1. The number of amides is 1. The summed E-state index contributed by atoms with van der Waals surface area (Å²) < 4.78 is 27.7. The van der Waals surface area contributed by atoms with Gasteiger partial charge in [-0.15, -0.1) is 0 Å². The van der Waals surface area contributed by atoms with Crippen LogP contribution in [0.5, 0.6) is 11.5 Å². The third-order valence-electron chi connectivity index (χ3n) is 7.80. The number of aromatic nitrogens is 2. The Balaban J connectivity index is 1.47. The van der Waals surface area contributed by atoms with E-state index in [2.05, 4.69) is 41.4 Å². The minimum atomic E-state index is -0.468. The maximum absolute atomic E-state index is 13.7. The maximum Gasteiger partial charge on any atom is 0.416 e. The number of alkyl halides is 1. The molecule has 44 heavy (non-hydrogen) atoms. The van der Waals surface area contributed by atoms with Crippen molar-refractivity contribution in [2.75, 3.05) is 13.2 Å². The topological polar surface area (TPSA) is 56.6 Å². The van der Waals surface area contributed by atoms with E-state index in [1.807, 2.05) is 53.2 Å². The molecule has 2 heterocycles. The number of hydrogen-bond acceptors (Lipinski definition) is 4. The predicted molar refractivity (Wildman–Crippen MR) is 181 cm³/mol. The lowest BCUT2D eigenvalue weighted by Crippen LogP contribution is -2.41. The Hall–Kier alpha value is -3.37. The van der Waals surface area contributed by atoms with Gasteiger partial charge in [0.05, 0.1) is 16.3 Å². The van der Waals surface area contributed by atoms with Gasteiger partial charge in [-0.3, -0.25) is 4.90 Å². The number of nitrogens with zero attached hydrogens (tertiary/aromatic N) is 3. The van der Waals surface area contributed by atoms with Gasteiger partial charge >= 0.3 is 6.09 Å². The fourth-order valence-electron chi connectivity index (χ4n) is 5.61. The van der Waals surface area contributed by atoms with Crippen molar-refractivity contribution in [2.45, 2.75) is 56.0 Å². The Morgan fingerprint density at radius 1 is 1.11 bits per heavy atom. The summed E-state index contributed by atoms with van der Waals surface area (Å²) in [7, 11) is 0. The molecule has 0 N–H and O–H groups in total. The molecule has 4 aromatic rings. The predicted octanol–water partition coefficient (Wildman–Crippen LogP) is 9.46. The summed E-state index contributed by atoms with van der Waals surface area (Å²) >= 11 is 8.87. The molecule has 1 aliphatic heterocycles. The molecule has 0 fully saturated rings. The van der Waals surface area contributed by atoms with Gasteiger partial charge in [-0.25, -0.2) is 14.2 Å². The summed E-state index contributed by atoms with van der Waals surface area (Å²) in [5, 5.41) is 0.686. The van der Waals surface area contributed by atoms with Gasteiger partial charge in [0.15, 0.2) is 0 Å². The van der Waals surface area contributed by atoms with Gasteiger partial charge in [-0.05, 0) is 103 Å². The molecule has 0 bridgehead atoms. The average Bonchev–Trinajstić information content (AvgIpc) is 3.54. The molecule has 2 atom stereocenters. The quantitative estimate of drug-likeness (QED) is 0.114. The summed E-state index contributed by atoms with van der Waals surface area (Å²) in [6, 6.07) is 19.2. The summed E-state index contributed by atoms with van der Waals surface area (Å²) in [6.45, 7) is 6.09. The molecular formula is C35H36ClFIN3O3. The van der Waals surface area contributed by atoms with Gasteiger partial charge in [-0.1, -0.05) is 65.7 Å². The van der Waals surface area contributed by atoms with Crippen molar-refractivity contribution >= 4 is 45.9 Å². The molecule has 0 radical (unpaired) electrons. The van der Waals surface area contributed by atoms with E-state index in [1.165, 1.54) is 35.4 Å². The highest BCUT2D eigenvalue weighted by Gasteiger charge is 2.35. The summed E-state index contributed by atoms with van der Waals surface area (Å²) in [5.74, 6) is 0.686. The van der Waals surface area contributed by atoms with Crippen LogP contribution in [0.1, 0.15) is 55.3 Å². The van der Waals surface area contributed by atoms with E-state index in [4.69, 9.17) is 21.1 Å². The van der Waals surface area contributed by atoms with Crippen molar-refractivity contribution in [1.82, 2.24) is 14.5 Å². The first-order valence-corrected chi connectivity index (χ1v) is 16.5. The van der Waals surface area contributed by atoms with Gasteiger partial charge in [0.2, 0.25) is 0 Å². The molecular weight excluding hydrogens is 692 g/mol. The Kier molecular flexibility index (Phi) is 11.0. The average molecular weight is 728 g/mol. The number of hydrogen-bond donors (Lipinski definition) is 0. The second-order valence-electron chi connectivity index (χ2n) is 11.0. The number of ether oxygens (including phenoxy) is 2. The zero-order chi connectivity index (χ0) is 31.1. The minimum absolute atomic E-state index is 0.267. The molecule has 3 aromatic carbocycles. The Morgan fingerprint density at radius 2 is 1.86 bits per heavy atom. The molecule has 230 valence electrons.